The molecule has 0 radical (unpaired) electrons. The number of carbonyl (C=O) groups excluding carboxylic acids is 1. The molecule has 1 unspecified atom stereocenters. The van der Waals surface area contributed by atoms with Gasteiger partial charge in [-0.25, -0.2) is 0 Å². The molecule has 6 heteroatoms. The van der Waals surface area contributed by atoms with Crippen LogP contribution < -0.4 is 5.73 Å². The lowest BCUT2D eigenvalue weighted by molar-refractivity contribution is -0.121. The first-order valence-corrected chi connectivity index (χ1v) is 5.27. The molecule has 72 valence electrons. The van der Waals surface area contributed by atoms with Gasteiger partial charge < -0.3 is 5.73 Å². The molecule has 1 aromatic heterocycles. The molecule has 1 aromatic rings. The fourth-order valence-corrected chi connectivity index (χ4v) is 2.00. The molecule has 0 bridgehead atoms. The van der Waals surface area contributed by atoms with Crippen LogP contribution in [0.3, 0.4) is 0 Å². The molecule has 0 fully saturated rings. The van der Waals surface area contributed by atoms with Crippen molar-refractivity contribution in [1.29, 1.82) is 0 Å². The van der Waals surface area contributed by atoms with Crippen LogP contribution in [0, 0.1) is 5.92 Å². The van der Waals surface area contributed by atoms with Crippen LogP contribution in [0.2, 0.25) is 0 Å². The van der Waals surface area contributed by atoms with Crippen molar-refractivity contribution in [3.8, 4) is 0 Å². The Balaban J connectivity index is 2.74. The lowest BCUT2D eigenvalue weighted by atomic mass is 10.2. The molecule has 0 aliphatic rings. The van der Waals surface area contributed by atoms with Gasteiger partial charge in [-0.2, -0.15) is 5.10 Å². The fraction of sp³-hybridized carbons (Fsp3) is 0.429. The topological polar surface area (TPSA) is 60.9 Å². The molecule has 1 rings (SSSR count). The molecule has 4 nitrogen and oxygen atoms in total. The molecule has 1 heterocycles. The normalized spacial score (nSPS) is 12.8. The second-order valence-corrected chi connectivity index (χ2v) is 4.40. The Morgan fingerprint density at radius 3 is 2.77 bits per heavy atom. The number of nitrogens with zero attached hydrogens (tertiary/aromatic N) is 2. The van der Waals surface area contributed by atoms with Crippen LogP contribution in [0.15, 0.2) is 15.3 Å². The second-order valence-electron chi connectivity index (χ2n) is 2.78. The summed E-state index contributed by atoms with van der Waals surface area (Å²) in [6, 6.07) is 1.81. The molecular formula is C7H9Br2N3O. The summed E-state index contributed by atoms with van der Waals surface area (Å²) in [5.41, 5.74) is 5.13. The van der Waals surface area contributed by atoms with Crippen molar-refractivity contribution in [2.45, 2.75) is 13.5 Å². The van der Waals surface area contributed by atoms with Crippen LogP contribution in [-0.2, 0) is 11.3 Å². The van der Waals surface area contributed by atoms with E-state index in [4.69, 9.17) is 5.73 Å². The molecule has 13 heavy (non-hydrogen) atoms. The summed E-state index contributed by atoms with van der Waals surface area (Å²) >= 11 is 6.54. The van der Waals surface area contributed by atoms with E-state index in [9.17, 15) is 4.79 Å². The number of hydrogen-bond donors (Lipinski definition) is 1. The van der Waals surface area contributed by atoms with Crippen LogP contribution in [0.25, 0.3) is 0 Å². The van der Waals surface area contributed by atoms with Crippen LogP contribution in [0.5, 0.6) is 0 Å². The molecule has 0 aromatic carbocycles. The van der Waals surface area contributed by atoms with E-state index in [-0.39, 0.29) is 11.8 Å². The number of rotatable bonds is 3. The molecule has 2 N–H and O–H groups in total. The van der Waals surface area contributed by atoms with Crippen molar-refractivity contribution in [2.75, 3.05) is 0 Å². The number of halogens is 2. The van der Waals surface area contributed by atoms with Gasteiger partial charge in [0.2, 0.25) is 5.91 Å². The molecule has 1 amide bonds. The highest BCUT2D eigenvalue weighted by atomic mass is 79.9. The second kappa shape index (κ2) is 4.23. The number of carbonyl (C=O) groups is 1. The van der Waals surface area contributed by atoms with Gasteiger partial charge in [0.05, 0.1) is 12.5 Å². The minimum Gasteiger partial charge on any atom is -0.369 e. The van der Waals surface area contributed by atoms with E-state index < -0.39 is 0 Å². The largest absolute Gasteiger partial charge is 0.369 e. The standard InChI is InChI=1S/C7H9Br2N3O/c1-4(7(10)13)3-12-6(9)2-5(8)11-12/h2,4H,3H2,1H3,(H2,10,13). The average Bonchev–Trinajstić information content (AvgIpc) is 2.30. The van der Waals surface area contributed by atoms with E-state index in [1.165, 1.54) is 0 Å². The zero-order valence-electron chi connectivity index (χ0n) is 7.00. The van der Waals surface area contributed by atoms with Crippen molar-refractivity contribution in [3.63, 3.8) is 0 Å². The third-order valence-electron chi connectivity index (χ3n) is 1.63. The SMILES string of the molecule is CC(Cn1nc(Br)cc1Br)C(N)=O. The van der Waals surface area contributed by atoms with E-state index in [0.717, 1.165) is 9.21 Å². The molecule has 0 aliphatic carbocycles. The summed E-state index contributed by atoms with van der Waals surface area (Å²) in [5.74, 6) is -0.540. The van der Waals surface area contributed by atoms with Gasteiger partial charge in [-0.05, 0) is 31.9 Å². The van der Waals surface area contributed by atoms with Crippen molar-refractivity contribution in [1.82, 2.24) is 9.78 Å². The fourth-order valence-electron chi connectivity index (χ4n) is 0.842. The van der Waals surface area contributed by atoms with E-state index in [1.807, 2.05) is 6.07 Å². The summed E-state index contributed by atoms with van der Waals surface area (Å²) in [7, 11) is 0. The lowest BCUT2D eigenvalue weighted by Gasteiger charge is -2.07. The smallest absolute Gasteiger partial charge is 0.222 e. The first-order valence-electron chi connectivity index (χ1n) is 3.69. The lowest BCUT2D eigenvalue weighted by Crippen LogP contribution is -2.25. The van der Waals surface area contributed by atoms with Gasteiger partial charge in [-0.15, -0.1) is 0 Å². The Morgan fingerprint density at radius 2 is 2.38 bits per heavy atom. The van der Waals surface area contributed by atoms with Gasteiger partial charge in [0.15, 0.2) is 0 Å². The van der Waals surface area contributed by atoms with Gasteiger partial charge in [-0.3, -0.25) is 9.48 Å². The van der Waals surface area contributed by atoms with Crippen LogP contribution in [0.4, 0.5) is 0 Å². The predicted molar refractivity (Wildman–Crippen MR) is 56.0 cm³/mol. The van der Waals surface area contributed by atoms with E-state index in [1.54, 1.807) is 11.6 Å². The van der Waals surface area contributed by atoms with E-state index >= 15 is 0 Å². The van der Waals surface area contributed by atoms with Crippen molar-refractivity contribution in [2.24, 2.45) is 11.7 Å². The third-order valence-corrected chi connectivity index (χ3v) is 2.66. The third kappa shape index (κ3) is 2.80. The first kappa shape index (κ1) is 10.7. The van der Waals surface area contributed by atoms with Crippen molar-refractivity contribution >= 4 is 37.8 Å². The molecule has 1 atom stereocenters. The Hall–Kier alpha value is -0.360. The predicted octanol–water partition coefficient (Wildman–Crippen LogP) is 1.53. The van der Waals surface area contributed by atoms with Crippen LogP contribution in [-0.4, -0.2) is 15.7 Å². The molecule has 0 aliphatic heterocycles. The number of hydrogen-bond acceptors (Lipinski definition) is 2. The summed E-state index contributed by atoms with van der Waals surface area (Å²) in [5, 5.41) is 4.11. The Morgan fingerprint density at radius 1 is 1.77 bits per heavy atom. The van der Waals surface area contributed by atoms with Crippen LogP contribution in [0.1, 0.15) is 6.92 Å². The maximum Gasteiger partial charge on any atom is 0.222 e. The number of primary amides is 1. The van der Waals surface area contributed by atoms with Crippen molar-refractivity contribution in [3.05, 3.63) is 15.3 Å². The number of aromatic nitrogens is 2. The van der Waals surface area contributed by atoms with Gasteiger partial charge in [0.1, 0.15) is 9.21 Å². The summed E-state index contributed by atoms with van der Waals surface area (Å²) in [4.78, 5) is 10.8. The van der Waals surface area contributed by atoms with Crippen molar-refractivity contribution < 1.29 is 4.79 Å². The molecule has 0 saturated carbocycles. The highest BCUT2D eigenvalue weighted by Crippen LogP contribution is 2.17. The quantitative estimate of drug-likeness (QED) is 0.920. The monoisotopic (exact) mass is 309 g/mol. The Bertz CT molecular complexity index is 324. The zero-order chi connectivity index (χ0) is 10.0. The van der Waals surface area contributed by atoms with E-state index in [2.05, 4.69) is 37.0 Å². The number of nitrogens with two attached hydrogens (primary N) is 1. The molecule has 0 saturated heterocycles. The molecular weight excluding hydrogens is 302 g/mol. The van der Waals surface area contributed by atoms with Gasteiger partial charge in [-0.1, -0.05) is 6.92 Å². The van der Waals surface area contributed by atoms with Gasteiger partial charge in [0.25, 0.3) is 0 Å². The van der Waals surface area contributed by atoms with Gasteiger partial charge in [0, 0.05) is 6.07 Å². The zero-order valence-corrected chi connectivity index (χ0v) is 10.2. The summed E-state index contributed by atoms with van der Waals surface area (Å²) in [6.45, 7) is 2.26. The van der Waals surface area contributed by atoms with Crippen LogP contribution >= 0.6 is 31.9 Å². The average molecular weight is 311 g/mol. The summed E-state index contributed by atoms with van der Waals surface area (Å²) in [6.07, 6.45) is 0. The number of amides is 1. The first-order chi connectivity index (χ1) is 6.00. The van der Waals surface area contributed by atoms with Gasteiger partial charge >= 0.3 is 0 Å². The maximum absolute atomic E-state index is 10.8. The maximum atomic E-state index is 10.8. The summed E-state index contributed by atoms with van der Waals surface area (Å²) < 4.78 is 3.24. The Labute approximate surface area is 92.7 Å². The highest BCUT2D eigenvalue weighted by Gasteiger charge is 2.12. The highest BCUT2D eigenvalue weighted by molar-refractivity contribution is 9.11. The van der Waals surface area contributed by atoms with E-state index in [0.29, 0.717) is 6.54 Å². The minimum absolute atomic E-state index is 0.219. The molecule has 0 spiro atoms. The minimum atomic E-state index is -0.321. The Kier molecular flexibility index (Phi) is 3.49.